The standard InChI is InChI=1S/C13H24ClNO/c1-2-12-6-5-10-15(11-8-12)13(16)7-3-4-9-14/h12H,2-11H2,1H3. The quantitative estimate of drug-likeness (QED) is 0.537. The van der Waals surface area contributed by atoms with E-state index in [2.05, 4.69) is 11.8 Å². The highest BCUT2D eigenvalue weighted by Crippen LogP contribution is 2.20. The van der Waals surface area contributed by atoms with E-state index in [0.29, 0.717) is 18.2 Å². The van der Waals surface area contributed by atoms with E-state index in [4.69, 9.17) is 11.6 Å². The van der Waals surface area contributed by atoms with Gasteiger partial charge in [0.2, 0.25) is 5.91 Å². The van der Waals surface area contributed by atoms with E-state index in [0.717, 1.165) is 31.8 Å². The van der Waals surface area contributed by atoms with Crippen molar-refractivity contribution in [1.82, 2.24) is 4.90 Å². The van der Waals surface area contributed by atoms with Crippen LogP contribution in [0.4, 0.5) is 0 Å². The van der Waals surface area contributed by atoms with Gasteiger partial charge in [-0.2, -0.15) is 0 Å². The number of carbonyl (C=O) groups is 1. The van der Waals surface area contributed by atoms with Gasteiger partial charge in [-0.05, 0) is 38.0 Å². The Morgan fingerprint density at radius 3 is 2.81 bits per heavy atom. The molecule has 1 aliphatic rings. The molecule has 1 saturated heterocycles. The maximum atomic E-state index is 11.9. The monoisotopic (exact) mass is 245 g/mol. The second kappa shape index (κ2) is 7.94. The first kappa shape index (κ1) is 13.8. The molecular formula is C13H24ClNO. The fraction of sp³-hybridized carbons (Fsp3) is 0.923. The van der Waals surface area contributed by atoms with Crippen molar-refractivity contribution in [2.24, 2.45) is 5.92 Å². The van der Waals surface area contributed by atoms with Gasteiger partial charge < -0.3 is 4.90 Å². The van der Waals surface area contributed by atoms with Crippen LogP contribution in [0.5, 0.6) is 0 Å². The van der Waals surface area contributed by atoms with Crippen molar-refractivity contribution in [3.8, 4) is 0 Å². The number of hydrogen-bond acceptors (Lipinski definition) is 1. The first-order valence-corrected chi connectivity index (χ1v) is 7.15. The molecule has 0 radical (unpaired) electrons. The van der Waals surface area contributed by atoms with Crippen LogP contribution in [-0.4, -0.2) is 29.8 Å². The highest BCUT2D eigenvalue weighted by molar-refractivity contribution is 6.17. The lowest BCUT2D eigenvalue weighted by Gasteiger charge is -2.20. The van der Waals surface area contributed by atoms with Gasteiger partial charge in [-0.15, -0.1) is 11.6 Å². The molecule has 0 spiro atoms. The molecule has 0 aliphatic carbocycles. The molecule has 1 rings (SSSR count). The number of nitrogens with zero attached hydrogens (tertiary/aromatic N) is 1. The van der Waals surface area contributed by atoms with Crippen molar-refractivity contribution in [3.05, 3.63) is 0 Å². The Morgan fingerprint density at radius 2 is 2.12 bits per heavy atom. The van der Waals surface area contributed by atoms with Crippen LogP contribution in [0, 0.1) is 5.92 Å². The number of amides is 1. The van der Waals surface area contributed by atoms with Crippen LogP contribution in [0.1, 0.15) is 51.9 Å². The number of rotatable bonds is 5. The minimum absolute atomic E-state index is 0.335. The van der Waals surface area contributed by atoms with Gasteiger partial charge in [0.25, 0.3) is 0 Å². The number of carbonyl (C=O) groups excluding carboxylic acids is 1. The molecule has 1 atom stereocenters. The Labute approximate surface area is 104 Å². The average Bonchev–Trinajstić information content (AvgIpc) is 2.54. The van der Waals surface area contributed by atoms with E-state index in [-0.39, 0.29) is 0 Å². The minimum Gasteiger partial charge on any atom is -0.343 e. The van der Waals surface area contributed by atoms with E-state index in [1.165, 1.54) is 25.7 Å². The highest BCUT2D eigenvalue weighted by Gasteiger charge is 2.18. The number of halogens is 1. The van der Waals surface area contributed by atoms with E-state index >= 15 is 0 Å². The number of likely N-dealkylation sites (tertiary alicyclic amines) is 1. The number of hydrogen-bond donors (Lipinski definition) is 0. The molecule has 2 nitrogen and oxygen atoms in total. The molecule has 1 aliphatic heterocycles. The van der Waals surface area contributed by atoms with E-state index in [1.807, 2.05) is 0 Å². The highest BCUT2D eigenvalue weighted by atomic mass is 35.5. The fourth-order valence-electron chi connectivity index (χ4n) is 2.35. The van der Waals surface area contributed by atoms with Gasteiger partial charge in [0.05, 0.1) is 0 Å². The number of alkyl halides is 1. The summed E-state index contributed by atoms with van der Waals surface area (Å²) in [4.78, 5) is 14.0. The SMILES string of the molecule is CCC1CCCN(C(=O)CCCCCl)CC1. The predicted molar refractivity (Wildman–Crippen MR) is 68.8 cm³/mol. The molecule has 0 aromatic rings. The van der Waals surface area contributed by atoms with Gasteiger partial charge in [0.1, 0.15) is 0 Å². The second-order valence-corrected chi connectivity index (χ2v) is 5.11. The zero-order valence-electron chi connectivity index (χ0n) is 10.4. The third-order valence-corrected chi connectivity index (χ3v) is 3.82. The van der Waals surface area contributed by atoms with Crippen molar-refractivity contribution in [3.63, 3.8) is 0 Å². The Kier molecular flexibility index (Phi) is 6.86. The van der Waals surface area contributed by atoms with Crippen LogP contribution in [0.15, 0.2) is 0 Å². The zero-order valence-corrected chi connectivity index (χ0v) is 11.1. The Morgan fingerprint density at radius 1 is 1.31 bits per heavy atom. The van der Waals surface area contributed by atoms with Gasteiger partial charge in [-0.25, -0.2) is 0 Å². The molecule has 3 heteroatoms. The summed E-state index contributed by atoms with van der Waals surface area (Å²) in [5.41, 5.74) is 0. The Bertz CT molecular complexity index is 208. The van der Waals surface area contributed by atoms with Gasteiger partial charge >= 0.3 is 0 Å². The molecule has 0 bridgehead atoms. The summed E-state index contributed by atoms with van der Waals surface area (Å²) in [5, 5.41) is 0. The molecule has 1 fully saturated rings. The molecule has 1 unspecified atom stereocenters. The van der Waals surface area contributed by atoms with Gasteiger partial charge in [0.15, 0.2) is 0 Å². The lowest BCUT2D eigenvalue weighted by Crippen LogP contribution is -2.31. The Balaban J connectivity index is 2.27. The predicted octanol–water partition coefficient (Wildman–Crippen LogP) is 3.43. The van der Waals surface area contributed by atoms with Crippen LogP contribution in [-0.2, 0) is 4.79 Å². The van der Waals surface area contributed by atoms with Crippen molar-refractivity contribution >= 4 is 17.5 Å². The topological polar surface area (TPSA) is 20.3 Å². The molecule has 0 aromatic heterocycles. The van der Waals surface area contributed by atoms with Gasteiger partial charge in [-0.1, -0.05) is 13.3 Å². The summed E-state index contributed by atoms with van der Waals surface area (Å²) in [5.74, 6) is 1.84. The van der Waals surface area contributed by atoms with Crippen molar-refractivity contribution in [2.45, 2.75) is 51.9 Å². The zero-order chi connectivity index (χ0) is 11.8. The third-order valence-electron chi connectivity index (χ3n) is 3.55. The maximum Gasteiger partial charge on any atom is 0.222 e. The minimum atomic E-state index is 0.335. The number of unbranched alkanes of at least 4 members (excludes halogenated alkanes) is 1. The van der Waals surface area contributed by atoms with Crippen LogP contribution in [0.3, 0.4) is 0 Å². The van der Waals surface area contributed by atoms with Gasteiger partial charge in [-0.3, -0.25) is 4.79 Å². The summed E-state index contributed by atoms with van der Waals surface area (Å²) < 4.78 is 0. The van der Waals surface area contributed by atoms with Crippen LogP contribution in [0.25, 0.3) is 0 Å². The normalized spacial score (nSPS) is 21.9. The van der Waals surface area contributed by atoms with Crippen molar-refractivity contribution in [1.29, 1.82) is 0 Å². The molecule has 0 aromatic carbocycles. The van der Waals surface area contributed by atoms with Gasteiger partial charge in [0, 0.05) is 25.4 Å². The largest absolute Gasteiger partial charge is 0.343 e. The lowest BCUT2D eigenvalue weighted by molar-refractivity contribution is -0.131. The molecule has 1 heterocycles. The van der Waals surface area contributed by atoms with Crippen molar-refractivity contribution < 1.29 is 4.79 Å². The molecular weight excluding hydrogens is 222 g/mol. The summed E-state index contributed by atoms with van der Waals surface area (Å²) in [7, 11) is 0. The molecule has 94 valence electrons. The maximum absolute atomic E-state index is 11.9. The molecule has 16 heavy (non-hydrogen) atoms. The smallest absolute Gasteiger partial charge is 0.222 e. The van der Waals surface area contributed by atoms with Crippen LogP contribution in [0.2, 0.25) is 0 Å². The third kappa shape index (κ3) is 4.73. The fourth-order valence-corrected chi connectivity index (χ4v) is 2.54. The average molecular weight is 246 g/mol. The van der Waals surface area contributed by atoms with E-state index in [1.54, 1.807) is 0 Å². The second-order valence-electron chi connectivity index (χ2n) is 4.73. The molecule has 1 amide bonds. The van der Waals surface area contributed by atoms with E-state index in [9.17, 15) is 4.79 Å². The molecule has 0 saturated carbocycles. The van der Waals surface area contributed by atoms with Crippen LogP contribution < -0.4 is 0 Å². The summed E-state index contributed by atoms with van der Waals surface area (Å²) in [6, 6.07) is 0. The first-order chi connectivity index (χ1) is 7.77. The summed E-state index contributed by atoms with van der Waals surface area (Å²) in [6.45, 7) is 4.19. The van der Waals surface area contributed by atoms with E-state index < -0.39 is 0 Å². The molecule has 0 N–H and O–H groups in total. The van der Waals surface area contributed by atoms with Crippen LogP contribution >= 0.6 is 11.6 Å². The Hall–Kier alpha value is -0.240. The first-order valence-electron chi connectivity index (χ1n) is 6.61. The van der Waals surface area contributed by atoms with Crippen molar-refractivity contribution in [2.75, 3.05) is 19.0 Å². The summed E-state index contributed by atoms with van der Waals surface area (Å²) in [6.07, 6.45) is 7.51. The lowest BCUT2D eigenvalue weighted by atomic mass is 9.98. The summed E-state index contributed by atoms with van der Waals surface area (Å²) >= 11 is 5.61.